The molecule has 27 heavy (non-hydrogen) atoms. The number of ether oxygens (including phenoxy) is 2. The highest BCUT2D eigenvalue weighted by atomic mass is 32.2. The standard InChI is InChI=1S/C20H18FNO4S/c1-25-10-9-22-19(23)18(27-20(22)24)12-14-5-7-17(8-6-14)26-13-15-3-2-4-16(21)11-15/h2-8,11-12H,9-10,13H2,1H3/b18-12+. The van der Waals surface area contributed by atoms with Crippen molar-refractivity contribution in [3.8, 4) is 5.75 Å². The zero-order chi connectivity index (χ0) is 19.2. The molecular weight excluding hydrogens is 369 g/mol. The van der Waals surface area contributed by atoms with Gasteiger partial charge in [-0.25, -0.2) is 4.39 Å². The summed E-state index contributed by atoms with van der Waals surface area (Å²) in [5.41, 5.74) is 1.52. The van der Waals surface area contributed by atoms with E-state index in [0.29, 0.717) is 17.3 Å². The van der Waals surface area contributed by atoms with Gasteiger partial charge in [0.15, 0.2) is 0 Å². The molecule has 1 saturated heterocycles. The van der Waals surface area contributed by atoms with E-state index in [1.165, 1.54) is 24.1 Å². The minimum absolute atomic E-state index is 0.241. The molecule has 5 nitrogen and oxygen atoms in total. The van der Waals surface area contributed by atoms with Crippen molar-refractivity contribution in [3.05, 3.63) is 70.4 Å². The molecule has 2 amide bonds. The Hall–Kier alpha value is -2.64. The molecule has 0 N–H and O–H groups in total. The fourth-order valence-electron chi connectivity index (χ4n) is 2.48. The van der Waals surface area contributed by atoms with Crippen molar-refractivity contribution in [3.63, 3.8) is 0 Å². The molecule has 0 radical (unpaired) electrons. The maximum absolute atomic E-state index is 13.2. The van der Waals surface area contributed by atoms with Gasteiger partial charge < -0.3 is 9.47 Å². The van der Waals surface area contributed by atoms with Crippen LogP contribution in [-0.2, 0) is 16.1 Å². The van der Waals surface area contributed by atoms with Crippen molar-refractivity contribution in [1.29, 1.82) is 0 Å². The fraction of sp³-hybridized carbons (Fsp3) is 0.200. The van der Waals surface area contributed by atoms with Crippen LogP contribution in [0.25, 0.3) is 6.08 Å². The Morgan fingerprint density at radius 2 is 1.93 bits per heavy atom. The zero-order valence-electron chi connectivity index (χ0n) is 14.7. The highest BCUT2D eigenvalue weighted by Crippen LogP contribution is 2.32. The lowest BCUT2D eigenvalue weighted by Gasteiger charge is -2.10. The number of benzene rings is 2. The number of nitrogens with zero attached hydrogens (tertiary/aromatic N) is 1. The van der Waals surface area contributed by atoms with Gasteiger partial charge in [0.05, 0.1) is 18.1 Å². The van der Waals surface area contributed by atoms with Crippen molar-refractivity contribution in [2.75, 3.05) is 20.3 Å². The maximum Gasteiger partial charge on any atom is 0.293 e. The highest BCUT2D eigenvalue weighted by Gasteiger charge is 2.34. The van der Waals surface area contributed by atoms with Gasteiger partial charge in [0.1, 0.15) is 18.2 Å². The summed E-state index contributed by atoms with van der Waals surface area (Å²) in [5.74, 6) is 0.0176. The van der Waals surface area contributed by atoms with Crippen LogP contribution >= 0.6 is 11.8 Å². The number of carbonyl (C=O) groups excluding carboxylic acids is 2. The Morgan fingerprint density at radius 3 is 2.63 bits per heavy atom. The van der Waals surface area contributed by atoms with Crippen LogP contribution in [-0.4, -0.2) is 36.3 Å². The first-order valence-corrected chi connectivity index (χ1v) is 9.10. The van der Waals surface area contributed by atoms with Gasteiger partial charge in [-0.2, -0.15) is 0 Å². The molecule has 3 rings (SSSR count). The van der Waals surface area contributed by atoms with Crippen molar-refractivity contribution in [2.45, 2.75) is 6.61 Å². The third kappa shape index (κ3) is 4.96. The van der Waals surface area contributed by atoms with Gasteiger partial charge in [-0.05, 0) is 53.2 Å². The number of amides is 2. The van der Waals surface area contributed by atoms with Crippen molar-refractivity contribution < 1.29 is 23.5 Å². The van der Waals surface area contributed by atoms with Crippen LogP contribution in [0.4, 0.5) is 9.18 Å². The molecule has 0 saturated carbocycles. The topological polar surface area (TPSA) is 55.8 Å². The summed E-state index contributed by atoms with van der Waals surface area (Å²) in [6.07, 6.45) is 1.67. The summed E-state index contributed by atoms with van der Waals surface area (Å²) in [5, 5.41) is -0.293. The lowest BCUT2D eigenvalue weighted by Crippen LogP contribution is -2.31. The minimum Gasteiger partial charge on any atom is -0.489 e. The molecule has 0 unspecified atom stereocenters. The monoisotopic (exact) mass is 387 g/mol. The van der Waals surface area contributed by atoms with Crippen LogP contribution in [0, 0.1) is 5.82 Å². The van der Waals surface area contributed by atoms with Gasteiger partial charge in [0, 0.05) is 7.11 Å². The molecular formula is C20H18FNO4S. The summed E-state index contributed by atoms with van der Waals surface area (Å²) < 4.78 is 23.7. The predicted molar refractivity (Wildman–Crippen MR) is 102 cm³/mol. The van der Waals surface area contributed by atoms with E-state index in [2.05, 4.69) is 0 Å². The number of methoxy groups -OCH3 is 1. The molecule has 7 heteroatoms. The van der Waals surface area contributed by atoms with Crippen molar-refractivity contribution in [1.82, 2.24) is 4.90 Å². The van der Waals surface area contributed by atoms with Crippen LogP contribution in [0.5, 0.6) is 5.75 Å². The first-order valence-electron chi connectivity index (χ1n) is 8.28. The normalized spacial score (nSPS) is 15.6. The Labute approximate surface area is 160 Å². The van der Waals surface area contributed by atoms with Crippen LogP contribution in [0.1, 0.15) is 11.1 Å². The number of halogens is 1. The van der Waals surface area contributed by atoms with Gasteiger partial charge in [-0.1, -0.05) is 24.3 Å². The summed E-state index contributed by atoms with van der Waals surface area (Å²) in [7, 11) is 1.52. The van der Waals surface area contributed by atoms with E-state index in [1.807, 2.05) is 0 Å². The third-order valence-corrected chi connectivity index (χ3v) is 4.77. The summed E-state index contributed by atoms with van der Waals surface area (Å²) in [6.45, 7) is 0.809. The van der Waals surface area contributed by atoms with Gasteiger partial charge >= 0.3 is 0 Å². The predicted octanol–water partition coefficient (Wildman–Crippen LogP) is 4.09. The Kier molecular flexibility index (Phi) is 6.26. The molecule has 1 heterocycles. The van der Waals surface area contributed by atoms with E-state index in [1.54, 1.807) is 42.5 Å². The molecule has 140 valence electrons. The van der Waals surface area contributed by atoms with Crippen molar-refractivity contribution in [2.24, 2.45) is 0 Å². The van der Waals surface area contributed by atoms with Crippen LogP contribution in [0.3, 0.4) is 0 Å². The van der Waals surface area contributed by atoms with Crippen LogP contribution in [0.2, 0.25) is 0 Å². The SMILES string of the molecule is COCCN1C(=O)S/C(=C/c2ccc(OCc3cccc(F)c3)cc2)C1=O. The Balaban J connectivity index is 1.62. The fourth-order valence-corrected chi connectivity index (χ4v) is 3.35. The van der Waals surface area contributed by atoms with Gasteiger partial charge in [0.25, 0.3) is 11.1 Å². The largest absolute Gasteiger partial charge is 0.489 e. The molecule has 0 bridgehead atoms. The molecule has 0 atom stereocenters. The number of imide groups is 1. The number of carbonyl (C=O) groups is 2. The Bertz CT molecular complexity index is 867. The third-order valence-electron chi connectivity index (χ3n) is 3.87. The molecule has 0 aromatic heterocycles. The van der Waals surface area contributed by atoms with E-state index >= 15 is 0 Å². The van der Waals surface area contributed by atoms with E-state index < -0.39 is 0 Å². The lowest BCUT2D eigenvalue weighted by atomic mass is 10.2. The zero-order valence-corrected chi connectivity index (χ0v) is 15.5. The van der Waals surface area contributed by atoms with Crippen molar-refractivity contribution >= 4 is 29.0 Å². The van der Waals surface area contributed by atoms with E-state index in [0.717, 1.165) is 22.9 Å². The van der Waals surface area contributed by atoms with Gasteiger partial charge in [-0.15, -0.1) is 0 Å². The smallest absolute Gasteiger partial charge is 0.293 e. The molecule has 1 fully saturated rings. The summed E-state index contributed by atoms with van der Waals surface area (Å²) in [6, 6.07) is 13.4. The van der Waals surface area contributed by atoms with Gasteiger partial charge in [0.2, 0.25) is 0 Å². The van der Waals surface area contributed by atoms with Crippen LogP contribution in [0.15, 0.2) is 53.4 Å². The molecule has 2 aromatic rings. The van der Waals surface area contributed by atoms with E-state index in [-0.39, 0.29) is 30.1 Å². The summed E-state index contributed by atoms with van der Waals surface area (Å²) in [4.78, 5) is 25.8. The molecule has 1 aliphatic rings. The average molecular weight is 387 g/mol. The second-order valence-corrected chi connectivity index (χ2v) is 6.81. The highest BCUT2D eigenvalue weighted by molar-refractivity contribution is 8.18. The number of rotatable bonds is 7. The Morgan fingerprint density at radius 1 is 1.15 bits per heavy atom. The second-order valence-electron chi connectivity index (χ2n) is 5.81. The second kappa shape index (κ2) is 8.83. The van der Waals surface area contributed by atoms with Crippen LogP contribution < -0.4 is 4.74 Å². The quantitative estimate of drug-likeness (QED) is 0.670. The average Bonchev–Trinajstić information content (AvgIpc) is 2.92. The molecule has 0 spiro atoms. The molecule has 1 aliphatic heterocycles. The molecule has 2 aromatic carbocycles. The van der Waals surface area contributed by atoms with Gasteiger partial charge in [-0.3, -0.25) is 14.5 Å². The summed E-state index contributed by atoms with van der Waals surface area (Å²) >= 11 is 0.916. The lowest BCUT2D eigenvalue weighted by molar-refractivity contribution is -0.123. The first kappa shape index (κ1) is 19.1. The number of thioether (sulfide) groups is 1. The number of hydrogen-bond donors (Lipinski definition) is 0. The van der Waals surface area contributed by atoms with E-state index in [4.69, 9.17) is 9.47 Å². The molecule has 0 aliphatic carbocycles. The maximum atomic E-state index is 13.2. The number of hydrogen-bond acceptors (Lipinski definition) is 5. The van der Waals surface area contributed by atoms with E-state index in [9.17, 15) is 14.0 Å². The minimum atomic E-state index is -0.312. The first-order chi connectivity index (χ1) is 13.1.